The number of carboxylic acid groups (broad SMARTS) is 1. The van der Waals surface area contributed by atoms with Gasteiger partial charge >= 0.3 is 5.97 Å². The van der Waals surface area contributed by atoms with E-state index >= 15 is 0 Å². The third kappa shape index (κ3) is 2.77. The fourth-order valence-electron chi connectivity index (χ4n) is 2.64. The number of hydrogen-bond acceptors (Lipinski definition) is 2. The Morgan fingerprint density at radius 1 is 1.50 bits per heavy atom. The molecule has 0 bridgehead atoms. The van der Waals surface area contributed by atoms with Crippen LogP contribution in [0.4, 0.5) is 4.39 Å². The summed E-state index contributed by atoms with van der Waals surface area (Å²) >= 11 is 5.64. The first-order valence-corrected chi connectivity index (χ1v) is 6.73. The summed E-state index contributed by atoms with van der Waals surface area (Å²) in [6.45, 7) is 0. The zero-order chi connectivity index (χ0) is 14.9. The molecule has 1 heterocycles. The summed E-state index contributed by atoms with van der Waals surface area (Å²) < 4.78 is 13.6. The number of nitrogens with zero attached hydrogens (tertiary/aromatic N) is 1. The Kier molecular flexibility index (Phi) is 4.28. The van der Waals surface area contributed by atoms with Crippen LogP contribution < -0.4 is 0 Å². The lowest BCUT2D eigenvalue weighted by Gasteiger charge is -2.30. The lowest BCUT2D eigenvalue weighted by molar-refractivity contribution is -0.145. The Balaban J connectivity index is 2.47. The van der Waals surface area contributed by atoms with Crippen LogP contribution in [0.3, 0.4) is 0 Å². The summed E-state index contributed by atoms with van der Waals surface area (Å²) in [6, 6.07) is 3.49. The van der Waals surface area contributed by atoms with Crippen LogP contribution in [0.15, 0.2) is 18.2 Å². The van der Waals surface area contributed by atoms with Crippen molar-refractivity contribution in [2.45, 2.75) is 25.3 Å². The first-order valence-electron chi connectivity index (χ1n) is 6.35. The van der Waals surface area contributed by atoms with Gasteiger partial charge in [0.25, 0.3) is 0 Å². The molecule has 0 aliphatic carbocycles. The minimum Gasteiger partial charge on any atom is -0.481 e. The Morgan fingerprint density at radius 3 is 2.80 bits per heavy atom. The maximum Gasteiger partial charge on any atom is 0.308 e. The van der Waals surface area contributed by atoms with Crippen molar-refractivity contribution in [3.8, 4) is 0 Å². The minimum atomic E-state index is -0.980. The molecular weight excluding hydrogens is 285 g/mol. The van der Waals surface area contributed by atoms with Crippen LogP contribution in [-0.2, 0) is 9.59 Å². The molecule has 2 unspecified atom stereocenters. The summed E-state index contributed by atoms with van der Waals surface area (Å²) in [7, 11) is 1.56. The quantitative estimate of drug-likeness (QED) is 0.913. The van der Waals surface area contributed by atoms with Gasteiger partial charge in [-0.3, -0.25) is 9.59 Å². The third-order valence-electron chi connectivity index (χ3n) is 3.70. The monoisotopic (exact) mass is 299 g/mol. The van der Waals surface area contributed by atoms with E-state index in [2.05, 4.69) is 0 Å². The fraction of sp³-hybridized carbons (Fsp3) is 0.429. The average molecular weight is 300 g/mol. The number of halogens is 2. The summed E-state index contributed by atoms with van der Waals surface area (Å²) in [5, 5.41) is 9.34. The fourth-order valence-corrected chi connectivity index (χ4v) is 2.76. The smallest absolute Gasteiger partial charge is 0.308 e. The van der Waals surface area contributed by atoms with Gasteiger partial charge < -0.3 is 10.0 Å². The second-order valence-electron chi connectivity index (χ2n) is 4.96. The molecule has 2 atom stereocenters. The van der Waals surface area contributed by atoms with Gasteiger partial charge in [0.1, 0.15) is 5.82 Å². The molecule has 0 radical (unpaired) electrons. The van der Waals surface area contributed by atoms with E-state index in [0.717, 1.165) is 0 Å². The highest BCUT2D eigenvalue weighted by molar-refractivity contribution is 6.30. The molecule has 1 saturated heterocycles. The Hall–Kier alpha value is -1.62. The summed E-state index contributed by atoms with van der Waals surface area (Å²) in [6.07, 6.45) is 1.22. The average Bonchev–Trinajstić information content (AvgIpc) is 2.54. The number of benzene rings is 1. The van der Waals surface area contributed by atoms with Crippen LogP contribution in [0, 0.1) is 11.7 Å². The molecule has 6 heteroatoms. The number of rotatable bonds is 2. The summed E-state index contributed by atoms with van der Waals surface area (Å²) in [4.78, 5) is 24.8. The Bertz CT molecular complexity index is 549. The van der Waals surface area contributed by atoms with Crippen molar-refractivity contribution < 1.29 is 19.1 Å². The maximum atomic E-state index is 13.6. The molecule has 1 aliphatic heterocycles. The molecule has 0 spiro atoms. The van der Waals surface area contributed by atoms with Crippen LogP contribution in [-0.4, -0.2) is 28.9 Å². The zero-order valence-corrected chi connectivity index (χ0v) is 11.7. The van der Waals surface area contributed by atoms with Gasteiger partial charge in [-0.1, -0.05) is 17.7 Å². The molecule has 1 N–H and O–H groups in total. The predicted octanol–water partition coefficient (Wildman–Crippen LogP) is 2.86. The highest BCUT2D eigenvalue weighted by Crippen LogP contribution is 2.36. The van der Waals surface area contributed by atoms with E-state index in [4.69, 9.17) is 11.6 Å². The number of carbonyl (C=O) groups is 2. The van der Waals surface area contributed by atoms with E-state index < -0.39 is 23.7 Å². The number of hydrogen-bond donors (Lipinski definition) is 1. The second kappa shape index (κ2) is 5.79. The van der Waals surface area contributed by atoms with Gasteiger partial charge in [-0.2, -0.15) is 0 Å². The first kappa shape index (κ1) is 14.8. The molecule has 1 aromatic rings. The number of carbonyl (C=O) groups excluding carboxylic acids is 1. The molecule has 108 valence electrons. The van der Waals surface area contributed by atoms with Crippen LogP contribution >= 0.6 is 11.6 Å². The Labute approximate surface area is 121 Å². The van der Waals surface area contributed by atoms with Gasteiger partial charge in [-0.15, -0.1) is 0 Å². The first-order chi connectivity index (χ1) is 9.41. The normalized spacial score (nSPS) is 23.6. The molecular formula is C14H15ClFNO3. The second-order valence-corrected chi connectivity index (χ2v) is 5.37. The molecule has 1 amide bonds. The minimum absolute atomic E-state index is 0.0248. The molecule has 20 heavy (non-hydrogen) atoms. The molecule has 0 aromatic heterocycles. The van der Waals surface area contributed by atoms with Crippen molar-refractivity contribution >= 4 is 23.5 Å². The molecule has 0 saturated carbocycles. The van der Waals surface area contributed by atoms with Gasteiger partial charge in [0.15, 0.2) is 0 Å². The lowest BCUT2D eigenvalue weighted by atomic mass is 9.89. The van der Waals surface area contributed by atoms with E-state index in [0.29, 0.717) is 24.8 Å². The molecule has 1 aromatic carbocycles. The number of carboxylic acids is 1. The highest BCUT2D eigenvalue weighted by Gasteiger charge is 2.37. The van der Waals surface area contributed by atoms with Crippen molar-refractivity contribution in [2.24, 2.45) is 5.92 Å². The van der Waals surface area contributed by atoms with E-state index in [1.54, 1.807) is 13.1 Å². The van der Waals surface area contributed by atoms with Crippen molar-refractivity contribution in [2.75, 3.05) is 7.05 Å². The van der Waals surface area contributed by atoms with Crippen molar-refractivity contribution in [1.29, 1.82) is 0 Å². The lowest BCUT2D eigenvalue weighted by Crippen LogP contribution is -2.36. The van der Waals surface area contributed by atoms with E-state index in [1.165, 1.54) is 17.0 Å². The largest absolute Gasteiger partial charge is 0.481 e. The van der Waals surface area contributed by atoms with Gasteiger partial charge in [0.2, 0.25) is 5.91 Å². The van der Waals surface area contributed by atoms with Gasteiger partial charge in [-0.05, 0) is 30.5 Å². The van der Waals surface area contributed by atoms with Gasteiger partial charge in [-0.25, -0.2) is 4.39 Å². The topological polar surface area (TPSA) is 57.6 Å². The summed E-state index contributed by atoms with van der Waals surface area (Å²) in [5.41, 5.74) is 0.456. The molecule has 1 aliphatic rings. The maximum absolute atomic E-state index is 13.6. The van der Waals surface area contributed by atoms with Crippen LogP contribution in [0.5, 0.6) is 0 Å². The SMILES string of the molecule is CN1C(=O)CCCC(C(=O)O)C1c1ccc(Cl)c(F)c1. The number of likely N-dealkylation sites (tertiary alicyclic amines) is 1. The van der Waals surface area contributed by atoms with Crippen molar-refractivity contribution in [1.82, 2.24) is 4.90 Å². The number of aliphatic carboxylic acids is 1. The third-order valence-corrected chi connectivity index (χ3v) is 4.01. The zero-order valence-electron chi connectivity index (χ0n) is 11.0. The molecule has 1 fully saturated rings. The van der Waals surface area contributed by atoms with Crippen molar-refractivity contribution in [3.63, 3.8) is 0 Å². The van der Waals surface area contributed by atoms with Crippen LogP contribution in [0.1, 0.15) is 30.9 Å². The Morgan fingerprint density at radius 2 is 2.20 bits per heavy atom. The highest BCUT2D eigenvalue weighted by atomic mass is 35.5. The number of amides is 1. The standard InChI is InChI=1S/C14H15ClFNO3/c1-17-12(18)4-2-3-9(14(19)20)13(17)8-5-6-10(15)11(16)7-8/h5-7,9,13H,2-4H2,1H3,(H,19,20). The van der Waals surface area contributed by atoms with E-state index in [-0.39, 0.29) is 10.9 Å². The predicted molar refractivity (Wildman–Crippen MR) is 71.9 cm³/mol. The van der Waals surface area contributed by atoms with Gasteiger partial charge in [0.05, 0.1) is 17.0 Å². The van der Waals surface area contributed by atoms with E-state index in [9.17, 15) is 19.1 Å². The van der Waals surface area contributed by atoms with Gasteiger partial charge in [0, 0.05) is 13.5 Å². The molecule has 2 rings (SSSR count). The van der Waals surface area contributed by atoms with Crippen LogP contribution in [0.2, 0.25) is 5.02 Å². The summed E-state index contributed by atoms with van der Waals surface area (Å²) in [5.74, 6) is -2.47. The van der Waals surface area contributed by atoms with Crippen molar-refractivity contribution in [3.05, 3.63) is 34.6 Å². The van der Waals surface area contributed by atoms with Crippen LogP contribution in [0.25, 0.3) is 0 Å². The van der Waals surface area contributed by atoms with E-state index in [1.807, 2.05) is 0 Å². The molecule has 4 nitrogen and oxygen atoms in total.